The van der Waals surface area contributed by atoms with Crippen LogP contribution in [-0.4, -0.2) is 37.2 Å². The second-order valence-corrected chi connectivity index (χ2v) is 22.0. The van der Waals surface area contributed by atoms with Crippen molar-refractivity contribution in [3.05, 3.63) is 72.9 Å². The van der Waals surface area contributed by atoms with Gasteiger partial charge in [0.2, 0.25) is 0 Å². The molecule has 0 aromatic heterocycles. The molecule has 0 rings (SSSR count). The largest absolute Gasteiger partial charge is 0.462 e. The quantitative estimate of drug-likeness (QED) is 0.0261. The molecule has 0 saturated heterocycles. The highest BCUT2D eigenvalue weighted by Crippen LogP contribution is 2.17. The number of rotatable bonds is 60. The topological polar surface area (TPSA) is 78.9 Å². The molecule has 0 spiro atoms. The Morgan fingerprint density at radius 2 is 0.513 bits per heavy atom. The van der Waals surface area contributed by atoms with E-state index in [2.05, 4.69) is 93.7 Å². The van der Waals surface area contributed by atoms with Crippen molar-refractivity contribution in [1.29, 1.82) is 0 Å². The highest BCUT2D eigenvalue weighted by atomic mass is 16.6. The molecular weight excluding hydrogens is 937 g/mol. The van der Waals surface area contributed by atoms with E-state index in [0.717, 1.165) is 96.3 Å². The summed E-state index contributed by atoms with van der Waals surface area (Å²) >= 11 is 0. The predicted molar refractivity (Wildman–Crippen MR) is 330 cm³/mol. The van der Waals surface area contributed by atoms with Gasteiger partial charge in [-0.1, -0.05) is 299 Å². The van der Waals surface area contributed by atoms with Gasteiger partial charge in [0, 0.05) is 19.3 Å². The van der Waals surface area contributed by atoms with E-state index in [4.69, 9.17) is 14.2 Å². The lowest BCUT2D eigenvalue weighted by Crippen LogP contribution is -2.30. The monoisotopic (exact) mass is 1060 g/mol. The van der Waals surface area contributed by atoms with Crippen LogP contribution in [0.4, 0.5) is 0 Å². The molecule has 0 aromatic carbocycles. The maximum Gasteiger partial charge on any atom is 0.306 e. The van der Waals surface area contributed by atoms with E-state index in [1.54, 1.807) is 0 Å². The number of hydrogen-bond donors (Lipinski definition) is 0. The molecular formula is C70H124O6. The minimum Gasteiger partial charge on any atom is -0.462 e. The molecule has 1 atom stereocenters. The first kappa shape index (κ1) is 72.8. The minimum atomic E-state index is -0.795. The molecule has 440 valence electrons. The van der Waals surface area contributed by atoms with Gasteiger partial charge in [-0.2, -0.15) is 0 Å². The summed E-state index contributed by atoms with van der Waals surface area (Å²) in [6.45, 7) is 6.54. The maximum atomic E-state index is 12.9. The molecule has 1 unspecified atom stereocenters. The summed E-state index contributed by atoms with van der Waals surface area (Å²) in [5.74, 6) is -0.906. The van der Waals surface area contributed by atoms with Crippen molar-refractivity contribution >= 4 is 17.9 Å². The SMILES string of the molecule is CC/C=C\C/C=C\C/C=C\C/C=C\C/C=C\CCCCCC(=O)OC(COC(=O)CCCCCCCCC/C=C\CCCCCCCC)COC(=O)CCCCCCCCCCCCCCCCCCCCCCCC. The summed E-state index contributed by atoms with van der Waals surface area (Å²) in [5.41, 5.74) is 0. The van der Waals surface area contributed by atoms with E-state index in [1.165, 1.54) is 199 Å². The molecule has 0 heterocycles. The van der Waals surface area contributed by atoms with E-state index >= 15 is 0 Å². The lowest BCUT2D eigenvalue weighted by Gasteiger charge is -2.18. The highest BCUT2D eigenvalue weighted by Gasteiger charge is 2.19. The average molecular weight is 1060 g/mol. The molecule has 6 heteroatoms. The number of hydrogen-bond acceptors (Lipinski definition) is 6. The van der Waals surface area contributed by atoms with Crippen LogP contribution >= 0.6 is 0 Å². The number of carbonyl (C=O) groups excluding carboxylic acids is 3. The smallest absolute Gasteiger partial charge is 0.306 e. The second kappa shape index (κ2) is 64.4. The molecule has 0 aromatic rings. The Hall–Kier alpha value is -3.15. The molecule has 6 nitrogen and oxygen atoms in total. The first-order valence-corrected chi connectivity index (χ1v) is 32.9. The van der Waals surface area contributed by atoms with Gasteiger partial charge in [0.05, 0.1) is 0 Å². The summed E-state index contributed by atoms with van der Waals surface area (Å²) in [6, 6.07) is 0. The Morgan fingerprint density at radius 3 is 0.829 bits per heavy atom. The van der Waals surface area contributed by atoms with Gasteiger partial charge in [-0.3, -0.25) is 14.4 Å². The Labute approximate surface area is 472 Å². The van der Waals surface area contributed by atoms with Crippen molar-refractivity contribution in [2.75, 3.05) is 13.2 Å². The fraction of sp³-hybridized carbons (Fsp3) is 0.786. The van der Waals surface area contributed by atoms with Crippen molar-refractivity contribution < 1.29 is 28.6 Å². The van der Waals surface area contributed by atoms with Crippen LogP contribution in [0.3, 0.4) is 0 Å². The van der Waals surface area contributed by atoms with E-state index in [1.807, 2.05) is 0 Å². The molecule has 0 N–H and O–H groups in total. The zero-order valence-corrected chi connectivity index (χ0v) is 50.5. The van der Waals surface area contributed by atoms with Gasteiger partial charge in [-0.05, 0) is 89.9 Å². The Morgan fingerprint density at radius 1 is 0.276 bits per heavy atom. The number of esters is 3. The Balaban J connectivity index is 4.39. The first-order valence-electron chi connectivity index (χ1n) is 32.9. The Kier molecular flexibility index (Phi) is 61.7. The zero-order chi connectivity index (χ0) is 55.0. The molecule has 76 heavy (non-hydrogen) atoms. The maximum absolute atomic E-state index is 12.9. The summed E-state index contributed by atoms with van der Waals surface area (Å²) in [6.07, 6.45) is 83.4. The van der Waals surface area contributed by atoms with Crippen LogP contribution in [0.2, 0.25) is 0 Å². The van der Waals surface area contributed by atoms with Crippen molar-refractivity contribution in [1.82, 2.24) is 0 Å². The third-order valence-corrected chi connectivity index (χ3v) is 14.4. The highest BCUT2D eigenvalue weighted by molar-refractivity contribution is 5.71. The van der Waals surface area contributed by atoms with E-state index in [0.29, 0.717) is 19.3 Å². The number of ether oxygens (including phenoxy) is 3. The number of allylic oxidation sites excluding steroid dienone is 12. The lowest BCUT2D eigenvalue weighted by molar-refractivity contribution is -0.167. The van der Waals surface area contributed by atoms with Gasteiger partial charge in [-0.25, -0.2) is 0 Å². The standard InChI is InChI=1S/C70H124O6/c1-4-7-10-13-16-19-22-25-28-31-33-34-35-37-39-42-45-48-51-54-57-60-63-69(72)75-66-67(65-74-68(71)62-59-56-53-50-47-44-41-38-30-27-24-21-18-15-12-9-6-3)76-70(73)64-61-58-55-52-49-46-43-40-36-32-29-26-23-20-17-14-11-8-5-2/h8,11,17,20,26-27,29-30,36,40,46,49,67H,4-7,9-10,12-16,18-19,21-25,28,31-35,37-39,41-45,47-48,50-66H2,1-3H3/b11-8-,20-17-,29-26-,30-27-,40-36-,49-46-. The summed E-state index contributed by atoms with van der Waals surface area (Å²) in [5, 5.41) is 0. The van der Waals surface area contributed by atoms with Gasteiger partial charge in [0.25, 0.3) is 0 Å². The second-order valence-electron chi connectivity index (χ2n) is 22.0. The molecule has 0 aliphatic heterocycles. The van der Waals surface area contributed by atoms with Gasteiger partial charge in [0.1, 0.15) is 13.2 Å². The third kappa shape index (κ3) is 61.7. The van der Waals surface area contributed by atoms with Gasteiger partial charge in [-0.15, -0.1) is 0 Å². The number of unbranched alkanes of at least 4 members (excludes halogenated alkanes) is 37. The van der Waals surface area contributed by atoms with Crippen LogP contribution in [0.15, 0.2) is 72.9 Å². The summed E-state index contributed by atoms with van der Waals surface area (Å²) in [7, 11) is 0. The minimum absolute atomic E-state index is 0.0872. The van der Waals surface area contributed by atoms with Crippen LogP contribution in [0.5, 0.6) is 0 Å². The molecule has 0 bridgehead atoms. The molecule has 0 amide bonds. The zero-order valence-electron chi connectivity index (χ0n) is 50.5. The lowest BCUT2D eigenvalue weighted by atomic mass is 10.0. The van der Waals surface area contributed by atoms with Crippen molar-refractivity contribution in [3.8, 4) is 0 Å². The van der Waals surface area contributed by atoms with Crippen LogP contribution in [-0.2, 0) is 28.6 Å². The fourth-order valence-corrected chi connectivity index (χ4v) is 9.53. The molecule has 0 saturated carbocycles. The van der Waals surface area contributed by atoms with Crippen LogP contribution < -0.4 is 0 Å². The van der Waals surface area contributed by atoms with E-state index in [9.17, 15) is 14.4 Å². The van der Waals surface area contributed by atoms with E-state index < -0.39 is 6.10 Å². The predicted octanol–water partition coefficient (Wildman–Crippen LogP) is 22.5. The van der Waals surface area contributed by atoms with Crippen LogP contribution in [0, 0.1) is 0 Å². The average Bonchev–Trinajstić information content (AvgIpc) is 3.42. The van der Waals surface area contributed by atoms with Gasteiger partial charge in [0.15, 0.2) is 6.10 Å². The van der Waals surface area contributed by atoms with Crippen LogP contribution in [0.25, 0.3) is 0 Å². The summed E-state index contributed by atoms with van der Waals surface area (Å²) in [4.78, 5) is 38.4. The van der Waals surface area contributed by atoms with Gasteiger partial charge >= 0.3 is 17.9 Å². The Bertz CT molecular complexity index is 1400. The van der Waals surface area contributed by atoms with Gasteiger partial charge < -0.3 is 14.2 Å². The van der Waals surface area contributed by atoms with E-state index in [-0.39, 0.29) is 31.1 Å². The molecule has 0 radical (unpaired) electrons. The van der Waals surface area contributed by atoms with Crippen molar-refractivity contribution in [3.63, 3.8) is 0 Å². The normalized spacial score (nSPS) is 12.5. The van der Waals surface area contributed by atoms with Crippen molar-refractivity contribution in [2.24, 2.45) is 0 Å². The fourth-order valence-electron chi connectivity index (χ4n) is 9.53. The molecule has 0 aliphatic rings. The number of carbonyl (C=O) groups is 3. The molecule has 0 aliphatic carbocycles. The third-order valence-electron chi connectivity index (χ3n) is 14.4. The molecule has 0 fully saturated rings. The van der Waals surface area contributed by atoms with Crippen LogP contribution in [0.1, 0.15) is 335 Å². The van der Waals surface area contributed by atoms with Crippen molar-refractivity contribution in [2.45, 2.75) is 341 Å². The summed E-state index contributed by atoms with van der Waals surface area (Å²) < 4.78 is 16.9. The first-order chi connectivity index (χ1) is 37.5.